The van der Waals surface area contributed by atoms with Gasteiger partial charge in [0.05, 0.1) is 0 Å². The summed E-state index contributed by atoms with van der Waals surface area (Å²) in [7, 11) is -4.65. The number of hydrogen-bond donors (Lipinski definition) is 2. The summed E-state index contributed by atoms with van der Waals surface area (Å²) in [4.78, 5) is 28.8. The Morgan fingerprint density at radius 2 is 1.83 bits per heavy atom. The second kappa shape index (κ2) is 5.63. The molecule has 2 N–H and O–H groups in total. The molecule has 0 saturated heterocycles. The average molecular weight is 274 g/mol. The molecule has 0 heterocycles. The van der Waals surface area contributed by atoms with E-state index in [0.717, 1.165) is 0 Å². The van der Waals surface area contributed by atoms with Gasteiger partial charge in [0.25, 0.3) is 0 Å². The molecule has 1 rings (SSSR count). The van der Waals surface area contributed by atoms with Crippen LogP contribution in [0.1, 0.15) is 13.8 Å². The maximum atomic E-state index is 11.7. The lowest BCUT2D eigenvalue weighted by atomic mass is 10.0. The van der Waals surface area contributed by atoms with Crippen molar-refractivity contribution in [2.24, 2.45) is 0 Å². The Labute approximate surface area is 105 Å². The fraction of sp³-hybridized carbons (Fsp3) is 0.364. The van der Waals surface area contributed by atoms with Gasteiger partial charge in [-0.2, -0.15) is 0 Å². The van der Waals surface area contributed by atoms with E-state index in [0.29, 0.717) is 5.75 Å². The molecule has 0 aliphatic carbocycles. The monoisotopic (exact) mass is 274 g/mol. The molecule has 0 aromatic heterocycles. The van der Waals surface area contributed by atoms with Crippen LogP contribution in [0, 0.1) is 0 Å². The van der Waals surface area contributed by atoms with E-state index in [-0.39, 0.29) is 0 Å². The van der Waals surface area contributed by atoms with Crippen LogP contribution in [0.25, 0.3) is 0 Å². The van der Waals surface area contributed by atoms with Gasteiger partial charge in [0.1, 0.15) is 12.4 Å². The predicted octanol–water partition coefficient (Wildman–Crippen LogP) is 1.52. The van der Waals surface area contributed by atoms with Crippen LogP contribution in [-0.4, -0.2) is 27.8 Å². The molecule has 6 nitrogen and oxygen atoms in total. The number of Topliss-reactive ketones (excluding diaryl/α,β-unsaturated/α-hetero) is 1. The maximum Gasteiger partial charge on any atom is 0.470 e. The fourth-order valence-electron chi connectivity index (χ4n) is 1.16. The Kier molecular flexibility index (Phi) is 4.65. The lowest BCUT2D eigenvalue weighted by molar-refractivity contribution is -0.134. The standard InChI is InChI=1S/C11H15O6P/c1-11(2,10(12)8-16-18(13,14)15)17-9-6-4-3-5-7-9/h3-7H,8H2,1-2H3,(H2,13,14,15). The van der Waals surface area contributed by atoms with Gasteiger partial charge in [-0.3, -0.25) is 9.32 Å². The van der Waals surface area contributed by atoms with Crippen molar-refractivity contribution in [2.75, 3.05) is 6.61 Å². The predicted molar refractivity (Wildman–Crippen MR) is 64.2 cm³/mol. The summed E-state index contributed by atoms with van der Waals surface area (Å²) in [6.45, 7) is 2.31. The first-order chi connectivity index (χ1) is 8.21. The number of benzene rings is 1. The highest BCUT2D eigenvalue weighted by Gasteiger charge is 2.31. The van der Waals surface area contributed by atoms with Gasteiger partial charge < -0.3 is 14.5 Å². The number of ether oxygens (including phenoxy) is 1. The molecule has 18 heavy (non-hydrogen) atoms. The molecule has 100 valence electrons. The number of ketones is 1. The SMILES string of the molecule is CC(C)(Oc1ccccc1)C(=O)COP(=O)(O)O. The molecule has 0 aliphatic heterocycles. The summed E-state index contributed by atoms with van der Waals surface area (Å²) in [6.07, 6.45) is 0. The van der Waals surface area contributed by atoms with Crippen molar-refractivity contribution in [3.05, 3.63) is 30.3 Å². The fourth-order valence-corrected chi connectivity index (χ4v) is 1.44. The van der Waals surface area contributed by atoms with E-state index in [4.69, 9.17) is 14.5 Å². The number of carbonyl (C=O) groups excluding carboxylic acids is 1. The van der Waals surface area contributed by atoms with E-state index in [1.54, 1.807) is 30.3 Å². The molecular formula is C11H15O6P. The Morgan fingerprint density at radius 1 is 1.28 bits per heavy atom. The van der Waals surface area contributed by atoms with Gasteiger partial charge in [-0.15, -0.1) is 0 Å². The third-order valence-electron chi connectivity index (χ3n) is 2.15. The average Bonchev–Trinajstić information content (AvgIpc) is 2.25. The number of hydrogen-bond acceptors (Lipinski definition) is 4. The summed E-state index contributed by atoms with van der Waals surface area (Å²) in [6, 6.07) is 8.67. The summed E-state index contributed by atoms with van der Waals surface area (Å²) in [5.74, 6) is -0.0679. The third-order valence-corrected chi connectivity index (χ3v) is 2.62. The molecule has 0 aliphatic rings. The quantitative estimate of drug-likeness (QED) is 0.764. The Balaban J connectivity index is 2.63. The van der Waals surface area contributed by atoms with Crippen LogP contribution in [-0.2, 0) is 13.9 Å². The van der Waals surface area contributed by atoms with Gasteiger partial charge in [0, 0.05) is 0 Å². The van der Waals surface area contributed by atoms with E-state index in [1.807, 2.05) is 0 Å². The maximum absolute atomic E-state index is 11.7. The summed E-state index contributed by atoms with van der Waals surface area (Å²) in [5, 5.41) is 0. The first-order valence-electron chi connectivity index (χ1n) is 5.18. The lowest BCUT2D eigenvalue weighted by Crippen LogP contribution is -2.40. The van der Waals surface area contributed by atoms with Crippen molar-refractivity contribution in [3.63, 3.8) is 0 Å². The Morgan fingerprint density at radius 3 is 2.33 bits per heavy atom. The minimum absolute atomic E-state index is 0.493. The number of rotatable bonds is 6. The Bertz CT molecular complexity index is 450. The second-order valence-corrected chi connectivity index (χ2v) is 5.35. The van der Waals surface area contributed by atoms with Crippen LogP contribution >= 0.6 is 7.82 Å². The lowest BCUT2D eigenvalue weighted by Gasteiger charge is -2.24. The second-order valence-electron chi connectivity index (χ2n) is 4.11. The molecule has 0 bridgehead atoms. The minimum Gasteiger partial charge on any atom is -0.480 e. The van der Waals surface area contributed by atoms with Crippen LogP contribution in [0.3, 0.4) is 0 Å². The van der Waals surface area contributed by atoms with Crippen LogP contribution in [0.15, 0.2) is 30.3 Å². The van der Waals surface area contributed by atoms with Crippen molar-refractivity contribution < 1.29 is 28.4 Å². The largest absolute Gasteiger partial charge is 0.480 e. The molecule has 0 atom stereocenters. The highest BCUT2D eigenvalue weighted by Crippen LogP contribution is 2.36. The molecular weight excluding hydrogens is 259 g/mol. The topological polar surface area (TPSA) is 93.1 Å². The molecule has 0 spiro atoms. The number of phosphoric ester groups is 1. The van der Waals surface area contributed by atoms with Crippen LogP contribution in [0.5, 0.6) is 5.75 Å². The molecule has 0 radical (unpaired) electrons. The minimum atomic E-state index is -4.65. The molecule has 0 fully saturated rings. The van der Waals surface area contributed by atoms with Crippen LogP contribution in [0.2, 0.25) is 0 Å². The molecule has 1 aromatic carbocycles. The van der Waals surface area contributed by atoms with E-state index in [9.17, 15) is 9.36 Å². The summed E-state index contributed by atoms with van der Waals surface area (Å²) < 4.78 is 20.1. The van der Waals surface area contributed by atoms with E-state index in [2.05, 4.69) is 4.52 Å². The van der Waals surface area contributed by atoms with Gasteiger partial charge in [-0.1, -0.05) is 18.2 Å². The third kappa shape index (κ3) is 4.98. The number of para-hydroxylation sites is 1. The van der Waals surface area contributed by atoms with Crippen molar-refractivity contribution in [1.29, 1.82) is 0 Å². The van der Waals surface area contributed by atoms with Gasteiger partial charge in [-0.25, -0.2) is 4.57 Å². The van der Waals surface area contributed by atoms with Crippen LogP contribution < -0.4 is 4.74 Å². The van der Waals surface area contributed by atoms with Crippen molar-refractivity contribution in [1.82, 2.24) is 0 Å². The van der Waals surface area contributed by atoms with Crippen molar-refractivity contribution >= 4 is 13.6 Å². The van der Waals surface area contributed by atoms with Gasteiger partial charge in [-0.05, 0) is 26.0 Å². The van der Waals surface area contributed by atoms with Gasteiger partial charge >= 0.3 is 7.82 Å². The zero-order chi connectivity index (χ0) is 13.8. The van der Waals surface area contributed by atoms with Crippen molar-refractivity contribution in [2.45, 2.75) is 19.4 Å². The first kappa shape index (κ1) is 14.9. The normalized spacial score (nSPS) is 12.2. The Hall–Kier alpha value is -1.20. The highest BCUT2D eigenvalue weighted by atomic mass is 31.2. The molecule has 0 amide bonds. The summed E-state index contributed by atoms with van der Waals surface area (Å²) >= 11 is 0. The molecule has 0 saturated carbocycles. The first-order valence-corrected chi connectivity index (χ1v) is 6.71. The number of carbonyl (C=O) groups is 1. The molecule has 1 aromatic rings. The van der Waals surface area contributed by atoms with E-state index >= 15 is 0 Å². The van der Waals surface area contributed by atoms with Gasteiger partial charge in [0.2, 0.25) is 5.78 Å². The zero-order valence-electron chi connectivity index (χ0n) is 10.1. The number of phosphoric acid groups is 1. The zero-order valence-corrected chi connectivity index (χ0v) is 11.0. The van der Waals surface area contributed by atoms with E-state index < -0.39 is 25.8 Å². The van der Waals surface area contributed by atoms with Crippen molar-refractivity contribution in [3.8, 4) is 5.75 Å². The smallest absolute Gasteiger partial charge is 0.470 e. The molecule has 7 heteroatoms. The van der Waals surface area contributed by atoms with E-state index in [1.165, 1.54) is 13.8 Å². The molecule has 0 unspecified atom stereocenters. The highest BCUT2D eigenvalue weighted by molar-refractivity contribution is 7.46. The summed E-state index contributed by atoms with van der Waals surface area (Å²) in [5.41, 5.74) is -1.23. The van der Waals surface area contributed by atoms with Gasteiger partial charge in [0.15, 0.2) is 5.60 Å². The van der Waals surface area contributed by atoms with Crippen LogP contribution in [0.4, 0.5) is 0 Å².